The van der Waals surface area contributed by atoms with Crippen molar-refractivity contribution >= 4 is 42.0 Å². The van der Waals surface area contributed by atoms with E-state index in [1.165, 1.54) is 4.57 Å². The number of nitrogens with one attached hydrogen (secondary N) is 1. The number of hydrogen-bond acceptors (Lipinski definition) is 13. The van der Waals surface area contributed by atoms with Gasteiger partial charge in [0.1, 0.15) is 29.4 Å². The predicted molar refractivity (Wildman–Crippen MR) is 246 cm³/mol. The molecule has 0 radical (unpaired) electrons. The molecule has 19 heteroatoms. The average Bonchev–Trinajstić information content (AvgIpc) is 3.98. The third kappa shape index (κ3) is 21.5. The second-order valence-electron chi connectivity index (χ2n) is 14.7. The molecule has 0 atom stereocenters. The van der Waals surface area contributed by atoms with Gasteiger partial charge in [-0.15, -0.1) is 29.8 Å². The van der Waals surface area contributed by atoms with Crippen molar-refractivity contribution in [3.05, 3.63) is 106 Å². The molecular weight excluding hydrogens is 828 g/mol. The van der Waals surface area contributed by atoms with E-state index in [1.807, 2.05) is 54.7 Å². The Labute approximate surface area is 375 Å². The van der Waals surface area contributed by atoms with Crippen molar-refractivity contribution in [2.45, 2.75) is 105 Å². The van der Waals surface area contributed by atoms with E-state index in [4.69, 9.17) is 37.6 Å². The summed E-state index contributed by atoms with van der Waals surface area (Å²) >= 11 is 0. The Balaban J connectivity index is 0.000000487. The molecule has 340 valence electrons. The number of carbonyl (C=O) groups is 3. The number of aryl methyl sites for hydroxylation is 5. The highest BCUT2D eigenvalue weighted by Gasteiger charge is 2.20. The molecule has 0 saturated heterocycles. The third-order valence-electron chi connectivity index (χ3n) is 8.59. The number of methoxy groups -OCH3 is 2. The summed E-state index contributed by atoms with van der Waals surface area (Å²) in [6, 6.07) is 15.3. The van der Waals surface area contributed by atoms with Crippen LogP contribution in [-0.4, -0.2) is 78.5 Å². The third-order valence-corrected chi connectivity index (χ3v) is 8.59. The molecule has 0 fully saturated rings. The molecule has 18 nitrogen and oxygen atoms in total. The Morgan fingerprint density at radius 3 is 1.98 bits per heavy atom. The topological polar surface area (TPSA) is 257 Å². The number of nitrogen functional groups attached to an aromatic ring is 2. The minimum atomic E-state index is -0.558. The molecule has 5 aromatic rings. The van der Waals surface area contributed by atoms with E-state index in [9.17, 15) is 14.4 Å². The second kappa shape index (κ2) is 28.7. The first-order valence-electron chi connectivity index (χ1n) is 19.7. The Morgan fingerprint density at radius 2 is 1.46 bits per heavy atom. The SMILES string of the molecule is C.C#CCCCc1cn(C(=O)OC(C)(C)C)c(N)n1.COc1ccc(CCC(=O)CN=[N+]=[N-])cc1.COc1ccc(CCC(=O)Cn2cc(CCCc3cnc(N)[nH]3)nn2)cc1.Cl. The summed E-state index contributed by atoms with van der Waals surface area (Å²) in [6.45, 7) is 5.58. The Hall–Kier alpha value is -6.83. The van der Waals surface area contributed by atoms with Crippen LogP contribution in [0.2, 0.25) is 0 Å². The van der Waals surface area contributed by atoms with Crippen LogP contribution in [0, 0.1) is 12.3 Å². The number of imidazole rings is 2. The van der Waals surface area contributed by atoms with E-state index in [1.54, 1.807) is 52.1 Å². The zero-order valence-corrected chi connectivity index (χ0v) is 36.8. The number of Topliss-reactive ketones (excluding diaryl/α,β-unsaturated/α-hetero) is 2. The first kappa shape index (κ1) is 54.2. The molecule has 0 aliphatic rings. The lowest BCUT2D eigenvalue weighted by molar-refractivity contribution is -0.120. The monoisotopic (exact) mass is 888 g/mol. The fourth-order valence-electron chi connectivity index (χ4n) is 5.49. The summed E-state index contributed by atoms with van der Waals surface area (Å²) in [5.41, 5.74) is 23.5. The lowest BCUT2D eigenvalue weighted by Crippen LogP contribution is -2.27. The van der Waals surface area contributed by atoms with Crippen LogP contribution < -0.4 is 20.9 Å². The lowest BCUT2D eigenvalue weighted by atomic mass is 10.1. The number of anilines is 2. The number of ketones is 2. The van der Waals surface area contributed by atoms with Gasteiger partial charge >= 0.3 is 6.09 Å². The molecule has 0 amide bonds. The number of rotatable bonds is 19. The molecular formula is C44H61ClN12O6. The van der Waals surface area contributed by atoms with E-state index in [2.05, 4.69) is 41.2 Å². The number of aromatic amines is 1. The number of carbonyl (C=O) groups excluding carboxylic acids is 3. The maximum Gasteiger partial charge on any atom is 0.421 e. The molecule has 0 bridgehead atoms. The summed E-state index contributed by atoms with van der Waals surface area (Å²) < 4.78 is 18.2. The highest BCUT2D eigenvalue weighted by atomic mass is 35.5. The van der Waals surface area contributed by atoms with Gasteiger partial charge < -0.3 is 30.7 Å². The number of halogens is 1. The number of ether oxygens (including phenoxy) is 3. The van der Waals surface area contributed by atoms with Crippen LogP contribution in [0.25, 0.3) is 10.4 Å². The molecule has 5 rings (SSSR count). The van der Waals surface area contributed by atoms with Gasteiger partial charge in [0.15, 0.2) is 11.7 Å². The first-order chi connectivity index (χ1) is 29.2. The van der Waals surface area contributed by atoms with Crippen LogP contribution in [0.1, 0.15) is 88.5 Å². The average molecular weight is 890 g/mol. The van der Waals surface area contributed by atoms with Crippen molar-refractivity contribution in [2.24, 2.45) is 5.11 Å². The van der Waals surface area contributed by atoms with Crippen LogP contribution >= 0.6 is 12.4 Å². The Kier molecular flexibility index (Phi) is 24.6. The summed E-state index contributed by atoms with van der Waals surface area (Å²) in [5, 5.41) is 11.4. The van der Waals surface area contributed by atoms with Crippen molar-refractivity contribution in [2.75, 3.05) is 32.2 Å². The molecule has 2 aromatic carbocycles. The summed E-state index contributed by atoms with van der Waals surface area (Å²) in [4.78, 5) is 48.8. The highest BCUT2D eigenvalue weighted by Crippen LogP contribution is 2.16. The van der Waals surface area contributed by atoms with Gasteiger partial charge in [-0.25, -0.2) is 24.0 Å². The van der Waals surface area contributed by atoms with Gasteiger partial charge in [-0.1, -0.05) is 42.0 Å². The van der Waals surface area contributed by atoms with Crippen molar-refractivity contribution in [1.29, 1.82) is 0 Å². The number of H-pyrrole nitrogens is 1. The number of benzene rings is 2. The second-order valence-corrected chi connectivity index (χ2v) is 14.7. The zero-order chi connectivity index (χ0) is 44.6. The van der Waals surface area contributed by atoms with Crippen LogP contribution in [0.15, 0.2) is 72.2 Å². The van der Waals surface area contributed by atoms with E-state index in [0.29, 0.717) is 44.5 Å². The molecule has 5 N–H and O–H groups in total. The van der Waals surface area contributed by atoms with E-state index < -0.39 is 11.7 Å². The molecule has 0 saturated carbocycles. The fourth-order valence-corrected chi connectivity index (χ4v) is 5.49. The molecule has 3 heterocycles. The summed E-state index contributed by atoms with van der Waals surface area (Å²) in [6.07, 6.45) is 16.8. The number of terminal acetylenes is 1. The van der Waals surface area contributed by atoms with Gasteiger partial charge in [0, 0.05) is 42.3 Å². The normalized spacial score (nSPS) is 10.2. The van der Waals surface area contributed by atoms with Gasteiger partial charge in [-0.2, -0.15) is 0 Å². The largest absolute Gasteiger partial charge is 0.497 e. The van der Waals surface area contributed by atoms with Crippen molar-refractivity contribution in [1.82, 2.24) is 34.5 Å². The quantitative estimate of drug-likeness (QED) is 0.0237. The molecule has 0 aliphatic heterocycles. The van der Waals surface area contributed by atoms with Gasteiger partial charge in [0.25, 0.3) is 0 Å². The molecule has 63 heavy (non-hydrogen) atoms. The fraction of sp³-hybridized carbons (Fsp3) is 0.432. The maximum absolute atomic E-state index is 12.2. The van der Waals surface area contributed by atoms with Crippen LogP contribution in [0.4, 0.5) is 16.7 Å². The summed E-state index contributed by atoms with van der Waals surface area (Å²) in [5.74, 6) is 4.83. The minimum Gasteiger partial charge on any atom is -0.497 e. The Bertz CT molecular complexity index is 2210. The summed E-state index contributed by atoms with van der Waals surface area (Å²) in [7, 11) is 3.25. The number of nitrogens with zero attached hydrogens (tertiary/aromatic N) is 9. The smallest absolute Gasteiger partial charge is 0.421 e. The molecule has 3 aromatic heterocycles. The van der Waals surface area contributed by atoms with Crippen LogP contribution in [-0.2, 0) is 53.0 Å². The van der Waals surface area contributed by atoms with E-state index in [-0.39, 0.29) is 50.4 Å². The molecule has 0 spiro atoms. The van der Waals surface area contributed by atoms with Crippen molar-refractivity contribution in [3.63, 3.8) is 0 Å². The Morgan fingerprint density at radius 1 is 0.873 bits per heavy atom. The highest BCUT2D eigenvalue weighted by molar-refractivity contribution is 5.85. The van der Waals surface area contributed by atoms with E-state index in [0.717, 1.165) is 65.4 Å². The minimum absolute atomic E-state index is 0. The standard InChI is InChI=1S/C19H24N6O2.C13H19N3O2.C11H13N3O2.CH4.ClH/c1-27-18-9-6-14(7-10-18)5-8-17(26)13-25-12-16(23-24-25)4-2-3-15-11-21-19(20)22-15;1-5-6-7-8-10-9-16(11(14)15-10)12(17)18-13(2,3)4;1-16-11-6-3-9(4-7-11)2-5-10(15)8-13-14-12;;/h6-7,9-12H,2-5,8,13H2,1H3,(H3,20,21,22);1,9H,6-8H2,2-4H3,(H2,14,15);3-4,6-7H,2,5,8H2,1H3;1H4;1H. The predicted octanol–water partition coefficient (Wildman–Crippen LogP) is 7.74. The maximum atomic E-state index is 12.2. The van der Waals surface area contributed by atoms with Crippen LogP contribution in [0.3, 0.4) is 0 Å². The number of hydrogen-bond donors (Lipinski definition) is 3. The first-order valence-corrected chi connectivity index (χ1v) is 19.7. The van der Waals surface area contributed by atoms with Gasteiger partial charge in [0.2, 0.25) is 5.95 Å². The van der Waals surface area contributed by atoms with E-state index >= 15 is 0 Å². The molecule has 0 aliphatic carbocycles. The zero-order valence-electron chi connectivity index (χ0n) is 36.0. The van der Waals surface area contributed by atoms with Gasteiger partial charge in [0.05, 0.1) is 38.3 Å². The number of azide groups is 1. The van der Waals surface area contributed by atoms with Crippen LogP contribution in [0.5, 0.6) is 11.5 Å². The van der Waals surface area contributed by atoms with Gasteiger partial charge in [-0.3, -0.25) is 9.59 Å². The van der Waals surface area contributed by atoms with Gasteiger partial charge in [-0.05, 0) is 107 Å². The number of unbranched alkanes of at least 4 members (excludes halogenated alkanes) is 1. The molecule has 0 unspecified atom stereocenters. The van der Waals surface area contributed by atoms with Crippen molar-refractivity contribution < 1.29 is 28.6 Å². The number of nitrogens with two attached hydrogens (primary N) is 2. The number of aromatic nitrogens is 7. The lowest BCUT2D eigenvalue weighted by Gasteiger charge is -2.19. The van der Waals surface area contributed by atoms with Crippen molar-refractivity contribution in [3.8, 4) is 23.8 Å².